The van der Waals surface area contributed by atoms with E-state index in [1.807, 2.05) is 0 Å². The van der Waals surface area contributed by atoms with Crippen molar-refractivity contribution < 1.29 is 38.1 Å². The maximum atomic E-state index is 12.5. The highest BCUT2D eigenvalue weighted by Gasteiger charge is 2.13. The lowest BCUT2D eigenvalue weighted by molar-refractivity contribution is -0.141. The third-order valence-electron chi connectivity index (χ3n) is 4.71. The molecule has 0 N–H and O–H groups in total. The fraction of sp³-hybridized carbons (Fsp3) is 0.346. The summed E-state index contributed by atoms with van der Waals surface area (Å²) in [7, 11) is 2.76. The number of carbonyl (C=O) groups is 3. The van der Waals surface area contributed by atoms with E-state index in [9.17, 15) is 14.4 Å². The van der Waals surface area contributed by atoms with Gasteiger partial charge >= 0.3 is 17.9 Å². The van der Waals surface area contributed by atoms with Gasteiger partial charge in [0.15, 0.2) is 11.5 Å². The Balaban J connectivity index is 1.82. The maximum Gasteiger partial charge on any atom is 0.343 e. The summed E-state index contributed by atoms with van der Waals surface area (Å²) in [6.45, 7) is 2.42. The first-order valence-corrected chi connectivity index (χ1v) is 11.0. The summed E-state index contributed by atoms with van der Waals surface area (Å²) in [6, 6.07) is 11.6. The Hall–Kier alpha value is -3.81. The summed E-state index contributed by atoms with van der Waals surface area (Å²) in [5, 5.41) is 0. The van der Waals surface area contributed by atoms with Crippen molar-refractivity contribution >= 4 is 24.0 Å². The first-order valence-electron chi connectivity index (χ1n) is 11.0. The smallest absolute Gasteiger partial charge is 0.343 e. The summed E-state index contributed by atoms with van der Waals surface area (Å²) < 4.78 is 25.9. The van der Waals surface area contributed by atoms with Gasteiger partial charge in [-0.05, 0) is 73.7 Å². The molecule has 34 heavy (non-hydrogen) atoms. The number of benzene rings is 2. The molecular formula is C26H30O8. The molecule has 0 aliphatic carbocycles. The highest BCUT2D eigenvalue weighted by atomic mass is 16.6. The molecule has 0 heterocycles. The van der Waals surface area contributed by atoms with E-state index in [0.717, 1.165) is 25.7 Å². The Labute approximate surface area is 199 Å². The zero-order valence-corrected chi connectivity index (χ0v) is 19.7. The minimum Gasteiger partial charge on any atom is -0.494 e. The Morgan fingerprint density at radius 2 is 1.56 bits per heavy atom. The Morgan fingerprint density at radius 3 is 2.21 bits per heavy atom. The zero-order chi connectivity index (χ0) is 24.8. The summed E-state index contributed by atoms with van der Waals surface area (Å²) in [5.41, 5.74) is 1.06. The van der Waals surface area contributed by atoms with Gasteiger partial charge in [-0.25, -0.2) is 9.59 Å². The quantitative estimate of drug-likeness (QED) is 0.181. The van der Waals surface area contributed by atoms with Crippen molar-refractivity contribution in [3.63, 3.8) is 0 Å². The van der Waals surface area contributed by atoms with Gasteiger partial charge in [0.25, 0.3) is 0 Å². The lowest BCUT2D eigenvalue weighted by Crippen LogP contribution is -2.09. The normalized spacial score (nSPS) is 10.6. The van der Waals surface area contributed by atoms with Gasteiger partial charge in [0, 0.05) is 13.0 Å². The van der Waals surface area contributed by atoms with Crippen molar-refractivity contribution in [1.29, 1.82) is 0 Å². The van der Waals surface area contributed by atoms with E-state index in [0.29, 0.717) is 35.8 Å². The molecule has 0 aliphatic rings. The molecule has 2 aromatic carbocycles. The molecule has 8 nitrogen and oxygen atoms in total. The van der Waals surface area contributed by atoms with Crippen molar-refractivity contribution in [2.24, 2.45) is 0 Å². The Morgan fingerprint density at radius 1 is 0.853 bits per heavy atom. The average Bonchev–Trinajstić information content (AvgIpc) is 2.84. The van der Waals surface area contributed by atoms with Crippen LogP contribution in [0.4, 0.5) is 0 Å². The Bertz CT molecular complexity index is 979. The molecule has 2 aromatic rings. The highest BCUT2D eigenvalue weighted by Crippen LogP contribution is 2.29. The summed E-state index contributed by atoms with van der Waals surface area (Å²) in [6.07, 6.45) is 6.53. The SMILES string of the molecule is COC(=O)/C=C/c1ccc(OC(=O)c2ccc(OCCCCCCOC(C)=O)cc2)c(OC)c1. The van der Waals surface area contributed by atoms with E-state index in [1.54, 1.807) is 48.5 Å². The van der Waals surface area contributed by atoms with Crippen LogP contribution < -0.4 is 14.2 Å². The van der Waals surface area contributed by atoms with Gasteiger partial charge < -0.3 is 23.7 Å². The lowest BCUT2D eigenvalue weighted by Gasteiger charge is -2.11. The number of esters is 3. The second kappa shape index (κ2) is 14.4. The second-order valence-corrected chi connectivity index (χ2v) is 7.28. The molecule has 0 saturated carbocycles. The summed E-state index contributed by atoms with van der Waals surface area (Å²) >= 11 is 0. The molecule has 0 fully saturated rings. The molecule has 0 atom stereocenters. The van der Waals surface area contributed by atoms with E-state index in [1.165, 1.54) is 27.2 Å². The van der Waals surface area contributed by atoms with Crippen LogP contribution >= 0.6 is 0 Å². The van der Waals surface area contributed by atoms with Gasteiger partial charge in [0.2, 0.25) is 0 Å². The number of carbonyl (C=O) groups excluding carboxylic acids is 3. The monoisotopic (exact) mass is 470 g/mol. The number of ether oxygens (including phenoxy) is 5. The predicted octanol–water partition coefficient (Wildman–Crippen LogP) is 4.60. The minimum absolute atomic E-state index is 0.252. The van der Waals surface area contributed by atoms with Crippen LogP contribution in [-0.4, -0.2) is 45.3 Å². The van der Waals surface area contributed by atoms with Crippen LogP contribution in [0.5, 0.6) is 17.2 Å². The molecule has 182 valence electrons. The lowest BCUT2D eigenvalue weighted by atomic mass is 10.2. The molecule has 0 spiro atoms. The maximum absolute atomic E-state index is 12.5. The molecule has 2 rings (SSSR count). The van der Waals surface area contributed by atoms with Crippen LogP contribution in [0.2, 0.25) is 0 Å². The largest absolute Gasteiger partial charge is 0.494 e. The van der Waals surface area contributed by atoms with E-state index >= 15 is 0 Å². The molecule has 0 unspecified atom stereocenters. The van der Waals surface area contributed by atoms with Gasteiger partial charge in [0.1, 0.15) is 5.75 Å². The van der Waals surface area contributed by atoms with Crippen LogP contribution in [-0.2, 0) is 19.1 Å². The third kappa shape index (κ3) is 9.36. The van der Waals surface area contributed by atoms with Crippen molar-refractivity contribution in [3.8, 4) is 17.2 Å². The van der Waals surface area contributed by atoms with Crippen molar-refractivity contribution in [3.05, 3.63) is 59.7 Å². The molecule has 0 aliphatic heterocycles. The molecule has 0 saturated heterocycles. The third-order valence-corrected chi connectivity index (χ3v) is 4.71. The van der Waals surface area contributed by atoms with Gasteiger partial charge in [-0.1, -0.05) is 6.07 Å². The van der Waals surface area contributed by atoms with Gasteiger partial charge in [-0.15, -0.1) is 0 Å². The Kier molecular flexibility index (Phi) is 11.2. The molecule has 0 radical (unpaired) electrons. The fourth-order valence-electron chi connectivity index (χ4n) is 2.91. The number of unbranched alkanes of at least 4 members (excludes halogenated alkanes) is 3. The number of rotatable bonds is 13. The predicted molar refractivity (Wildman–Crippen MR) is 126 cm³/mol. The molecule has 8 heteroatoms. The van der Waals surface area contributed by atoms with Crippen LogP contribution in [0.15, 0.2) is 48.5 Å². The fourth-order valence-corrected chi connectivity index (χ4v) is 2.91. The van der Waals surface area contributed by atoms with Gasteiger partial charge in [-0.2, -0.15) is 0 Å². The van der Waals surface area contributed by atoms with E-state index in [-0.39, 0.29) is 11.7 Å². The molecular weight excluding hydrogens is 440 g/mol. The molecule has 0 bridgehead atoms. The minimum atomic E-state index is -0.532. The van der Waals surface area contributed by atoms with Gasteiger partial charge in [0.05, 0.1) is 33.0 Å². The standard InChI is InChI=1S/C26H30O8/c1-19(27)32-16-6-4-5-7-17-33-22-12-10-21(11-13-22)26(29)34-23-14-8-20(18-24(23)30-2)9-15-25(28)31-3/h8-15,18H,4-7,16-17H2,1-3H3/b15-9+. The van der Waals surface area contributed by atoms with Crippen LogP contribution in [0.1, 0.15) is 48.5 Å². The zero-order valence-electron chi connectivity index (χ0n) is 19.7. The van der Waals surface area contributed by atoms with E-state index in [4.69, 9.17) is 18.9 Å². The number of hydrogen-bond donors (Lipinski definition) is 0. The summed E-state index contributed by atoms with van der Waals surface area (Å²) in [4.78, 5) is 34.5. The van der Waals surface area contributed by atoms with E-state index in [2.05, 4.69) is 4.74 Å². The van der Waals surface area contributed by atoms with E-state index < -0.39 is 11.9 Å². The van der Waals surface area contributed by atoms with Crippen LogP contribution in [0.25, 0.3) is 6.08 Å². The highest BCUT2D eigenvalue weighted by molar-refractivity contribution is 5.91. The number of methoxy groups -OCH3 is 2. The van der Waals surface area contributed by atoms with Crippen LogP contribution in [0, 0.1) is 0 Å². The second-order valence-electron chi connectivity index (χ2n) is 7.28. The van der Waals surface area contributed by atoms with Crippen molar-refractivity contribution in [2.75, 3.05) is 27.4 Å². The first kappa shape index (κ1) is 26.4. The molecule has 0 amide bonds. The average molecular weight is 471 g/mol. The number of hydrogen-bond acceptors (Lipinski definition) is 8. The summed E-state index contributed by atoms with van der Waals surface area (Å²) in [5.74, 6) is 0.0203. The van der Waals surface area contributed by atoms with Crippen molar-refractivity contribution in [1.82, 2.24) is 0 Å². The topological polar surface area (TPSA) is 97.4 Å². The molecule has 0 aromatic heterocycles. The van der Waals surface area contributed by atoms with Crippen molar-refractivity contribution in [2.45, 2.75) is 32.6 Å². The van der Waals surface area contributed by atoms with Crippen LogP contribution in [0.3, 0.4) is 0 Å². The van der Waals surface area contributed by atoms with Gasteiger partial charge in [-0.3, -0.25) is 4.79 Å². The first-order chi connectivity index (χ1) is 16.4.